The van der Waals surface area contributed by atoms with Gasteiger partial charge in [0.2, 0.25) is 0 Å². The monoisotopic (exact) mass is 336 g/mol. The van der Waals surface area contributed by atoms with Crippen LogP contribution >= 0.6 is 0 Å². The van der Waals surface area contributed by atoms with Crippen molar-refractivity contribution in [1.82, 2.24) is 4.90 Å². The standard InChI is InChI=1S/C21H24N2O2/c24-21(23-14-15-25-20-9-5-4-8-19(20)23)22-18-12-10-17(11-13-18)16-6-2-1-3-7-16/h1-3,6-7,10-13,19-20H,4-5,8-9,14-15H2,(H,22,24). The highest BCUT2D eigenvalue weighted by atomic mass is 16.5. The lowest BCUT2D eigenvalue weighted by molar-refractivity contribution is -0.0694. The van der Waals surface area contributed by atoms with Gasteiger partial charge < -0.3 is 15.0 Å². The van der Waals surface area contributed by atoms with E-state index in [4.69, 9.17) is 4.74 Å². The van der Waals surface area contributed by atoms with E-state index in [1.54, 1.807) is 0 Å². The average molecular weight is 336 g/mol. The third-order valence-electron chi connectivity index (χ3n) is 5.24. The van der Waals surface area contributed by atoms with Crippen molar-refractivity contribution < 1.29 is 9.53 Å². The predicted octanol–water partition coefficient (Wildman–Crippen LogP) is 4.53. The highest BCUT2D eigenvalue weighted by Gasteiger charge is 2.36. The molecule has 2 fully saturated rings. The summed E-state index contributed by atoms with van der Waals surface area (Å²) in [6.45, 7) is 1.32. The summed E-state index contributed by atoms with van der Waals surface area (Å²) >= 11 is 0. The fourth-order valence-electron chi connectivity index (χ4n) is 3.92. The smallest absolute Gasteiger partial charge is 0.322 e. The lowest BCUT2D eigenvalue weighted by Crippen LogP contribution is -2.55. The number of hydrogen-bond donors (Lipinski definition) is 1. The van der Waals surface area contributed by atoms with E-state index in [0.29, 0.717) is 13.2 Å². The molecule has 4 nitrogen and oxygen atoms in total. The van der Waals surface area contributed by atoms with Crippen LogP contribution in [0.15, 0.2) is 54.6 Å². The molecule has 1 saturated carbocycles. The topological polar surface area (TPSA) is 41.6 Å². The summed E-state index contributed by atoms with van der Waals surface area (Å²) < 4.78 is 5.86. The Morgan fingerprint density at radius 1 is 0.960 bits per heavy atom. The molecule has 25 heavy (non-hydrogen) atoms. The van der Waals surface area contributed by atoms with Crippen molar-refractivity contribution in [3.63, 3.8) is 0 Å². The number of anilines is 1. The molecular formula is C21H24N2O2. The number of carbonyl (C=O) groups excluding carboxylic acids is 1. The number of morpholine rings is 1. The molecule has 2 amide bonds. The van der Waals surface area contributed by atoms with Crippen LogP contribution in [-0.2, 0) is 4.74 Å². The van der Waals surface area contributed by atoms with Crippen molar-refractivity contribution in [1.29, 1.82) is 0 Å². The van der Waals surface area contributed by atoms with Gasteiger partial charge >= 0.3 is 6.03 Å². The minimum atomic E-state index is -0.00680. The molecule has 1 saturated heterocycles. The summed E-state index contributed by atoms with van der Waals surface area (Å²) in [5, 5.41) is 3.05. The minimum absolute atomic E-state index is 0.00680. The second-order valence-electron chi connectivity index (χ2n) is 6.83. The van der Waals surface area contributed by atoms with Crippen molar-refractivity contribution in [2.75, 3.05) is 18.5 Å². The first-order valence-electron chi connectivity index (χ1n) is 9.16. The summed E-state index contributed by atoms with van der Waals surface area (Å²) in [5.41, 5.74) is 3.17. The quantitative estimate of drug-likeness (QED) is 0.875. The third kappa shape index (κ3) is 3.54. The second kappa shape index (κ2) is 7.28. The van der Waals surface area contributed by atoms with Crippen LogP contribution in [0.2, 0.25) is 0 Å². The van der Waals surface area contributed by atoms with E-state index in [0.717, 1.165) is 24.1 Å². The van der Waals surface area contributed by atoms with Crippen molar-refractivity contribution in [3.8, 4) is 11.1 Å². The molecule has 2 atom stereocenters. The molecule has 130 valence electrons. The van der Waals surface area contributed by atoms with Gasteiger partial charge in [-0.05, 0) is 36.1 Å². The Morgan fingerprint density at radius 3 is 2.48 bits per heavy atom. The number of amides is 2. The zero-order valence-electron chi connectivity index (χ0n) is 14.4. The number of ether oxygens (including phenoxy) is 1. The summed E-state index contributed by atoms with van der Waals surface area (Å²) in [7, 11) is 0. The van der Waals surface area contributed by atoms with Gasteiger partial charge in [0.15, 0.2) is 0 Å². The molecule has 2 aromatic rings. The number of benzene rings is 2. The SMILES string of the molecule is O=C(Nc1ccc(-c2ccccc2)cc1)N1CCOC2CCCCC21. The van der Waals surface area contributed by atoms with Crippen LogP contribution in [0.1, 0.15) is 25.7 Å². The second-order valence-corrected chi connectivity index (χ2v) is 6.83. The van der Waals surface area contributed by atoms with Gasteiger partial charge in [0, 0.05) is 12.2 Å². The predicted molar refractivity (Wildman–Crippen MR) is 99.6 cm³/mol. The van der Waals surface area contributed by atoms with E-state index >= 15 is 0 Å². The van der Waals surface area contributed by atoms with E-state index in [1.807, 2.05) is 47.4 Å². The van der Waals surface area contributed by atoms with Gasteiger partial charge in [0.25, 0.3) is 0 Å². The van der Waals surface area contributed by atoms with Crippen molar-refractivity contribution >= 4 is 11.7 Å². The number of nitrogens with zero attached hydrogens (tertiary/aromatic N) is 1. The van der Waals surface area contributed by atoms with Crippen molar-refractivity contribution in [3.05, 3.63) is 54.6 Å². The Bertz CT molecular complexity index is 712. The van der Waals surface area contributed by atoms with Crippen LogP contribution in [0.25, 0.3) is 11.1 Å². The normalized spacial score (nSPS) is 23.0. The fourth-order valence-corrected chi connectivity index (χ4v) is 3.92. The van der Waals surface area contributed by atoms with Crippen LogP contribution in [0, 0.1) is 0 Å². The van der Waals surface area contributed by atoms with Gasteiger partial charge in [-0.15, -0.1) is 0 Å². The third-order valence-corrected chi connectivity index (χ3v) is 5.24. The molecule has 1 heterocycles. The van der Waals surface area contributed by atoms with Crippen molar-refractivity contribution in [2.45, 2.75) is 37.8 Å². The molecule has 2 aromatic carbocycles. The summed E-state index contributed by atoms with van der Waals surface area (Å²) in [4.78, 5) is 14.7. The molecule has 2 unspecified atom stereocenters. The van der Waals surface area contributed by atoms with Crippen LogP contribution in [0.5, 0.6) is 0 Å². The number of fused-ring (bicyclic) bond motifs is 1. The lowest BCUT2D eigenvalue weighted by Gasteiger charge is -2.43. The van der Waals surface area contributed by atoms with E-state index in [2.05, 4.69) is 17.4 Å². The molecule has 2 aliphatic rings. The van der Waals surface area contributed by atoms with E-state index < -0.39 is 0 Å². The number of hydrogen-bond acceptors (Lipinski definition) is 2. The molecule has 4 heteroatoms. The van der Waals surface area contributed by atoms with Crippen LogP contribution in [0.3, 0.4) is 0 Å². The van der Waals surface area contributed by atoms with Crippen molar-refractivity contribution in [2.24, 2.45) is 0 Å². The molecule has 1 aliphatic heterocycles. The zero-order valence-corrected chi connectivity index (χ0v) is 14.4. The van der Waals surface area contributed by atoms with Crippen LogP contribution in [-0.4, -0.2) is 36.2 Å². The van der Waals surface area contributed by atoms with Crippen LogP contribution < -0.4 is 5.32 Å². The average Bonchev–Trinajstić information content (AvgIpc) is 2.69. The van der Waals surface area contributed by atoms with Gasteiger partial charge in [0.1, 0.15) is 0 Å². The van der Waals surface area contributed by atoms with Crippen LogP contribution in [0.4, 0.5) is 10.5 Å². The summed E-state index contributed by atoms with van der Waals surface area (Å²) in [6, 6.07) is 18.5. The largest absolute Gasteiger partial charge is 0.374 e. The first-order chi connectivity index (χ1) is 12.3. The highest BCUT2D eigenvalue weighted by Crippen LogP contribution is 2.29. The number of carbonyl (C=O) groups is 1. The van der Waals surface area contributed by atoms with E-state index in [9.17, 15) is 4.79 Å². The maximum absolute atomic E-state index is 12.7. The number of rotatable bonds is 2. The minimum Gasteiger partial charge on any atom is -0.374 e. The molecule has 0 bridgehead atoms. The Balaban J connectivity index is 1.43. The van der Waals surface area contributed by atoms with Gasteiger partial charge in [-0.25, -0.2) is 4.79 Å². The Kier molecular flexibility index (Phi) is 4.70. The molecule has 1 N–H and O–H groups in total. The highest BCUT2D eigenvalue weighted by molar-refractivity contribution is 5.90. The molecule has 0 aromatic heterocycles. The zero-order chi connectivity index (χ0) is 17.1. The molecular weight excluding hydrogens is 312 g/mol. The first kappa shape index (κ1) is 16.2. The Morgan fingerprint density at radius 2 is 1.68 bits per heavy atom. The van der Waals surface area contributed by atoms with E-state index in [1.165, 1.54) is 18.4 Å². The van der Waals surface area contributed by atoms with Gasteiger partial charge in [-0.3, -0.25) is 0 Å². The molecule has 0 radical (unpaired) electrons. The molecule has 4 rings (SSSR count). The van der Waals surface area contributed by atoms with Gasteiger partial charge in [-0.2, -0.15) is 0 Å². The van der Waals surface area contributed by atoms with Gasteiger partial charge in [0.05, 0.1) is 18.8 Å². The number of nitrogens with one attached hydrogen (secondary N) is 1. The summed E-state index contributed by atoms with van der Waals surface area (Å²) in [5.74, 6) is 0. The molecule has 1 aliphatic carbocycles. The van der Waals surface area contributed by atoms with Gasteiger partial charge in [-0.1, -0.05) is 55.3 Å². The maximum Gasteiger partial charge on any atom is 0.322 e. The Hall–Kier alpha value is -2.33. The maximum atomic E-state index is 12.7. The molecule has 0 spiro atoms. The first-order valence-corrected chi connectivity index (χ1v) is 9.16. The fraction of sp³-hybridized carbons (Fsp3) is 0.381. The lowest BCUT2D eigenvalue weighted by atomic mass is 9.90. The summed E-state index contributed by atoms with van der Waals surface area (Å²) in [6.07, 6.45) is 4.72. The van der Waals surface area contributed by atoms with E-state index in [-0.39, 0.29) is 18.2 Å². The Labute approximate surface area is 148 Å². The number of urea groups is 1.